The number of Topliss-reactive ketones (excluding diaryl/α,β-unsaturated/α-hetero) is 1. The lowest BCUT2D eigenvalue weighted by molar-refractivity contribution is -0.139. The number of hydrogen-bond acceptors (Lipinski definition) is 5. The van der Waals surface area contributed by atoms with Gasteiger partial charge in [-0.25, -0.2) is 9.59 Å². The molecule has 0 saturated heterocycles. The molecule has 0 aliphatic carbocycles. The number of carboxylic acid groups (broad SMARTS) is 1. The van der Waals surface area contributed by atoms with E-state index in [9.17, 15) is 14.4 Å². The van der Waals surface area contributed by atoms with Crippen molar-refractivity contribution < 1.29 is 24.2 Å². The highest BCUT2D eigenvalue weighted by Gasteiger charge is 2.26. The van der Waals surface area contributed by atoms with Gasteiger partial charge in [-0.1, -0.05) is 23.2 Å². The summed E-state index contributed by atoms with van der Waals surface area (Å²) in [5, 5.41) is 10.9. The number of methoxy groups -OCH3 is 1. The fourth-order valence-corrected chi connectivity index (χ4v) is 2.73. The highest BCUT2D eigenvalue weighted by molar-refractivity contribution is 7.20. The summed E-state index contributed by atoms with van der Waals surface area (Å²) in [6.07, 6.45) is -1.38. The van der Waals surface area contributed by atoms with E-state index in [1.54, 1.807) is 0 Å². The third-order valence-corrected chi connectivity index (χ3v) is 3.61. The van der Waals surface area contributed by atoms with Crippen LogP contribution in [0.25, 0.3) is 0 Å². The monoisotopic (exact) mass is 325 g/mol. The van der Waals surface area contributed by atoms with Crippen molar-refractivity contribution in [1.82, 2.24) is 5.32 Å². The lowest BCUT2D eigenvalue weighted by Crippen LogP contribution is -2.42. The van der Waals surface area contributed by atoms with Crippen LogP contribution >= 0.6 is 34.5 Å². The van der Waals surface area contributed by atoms with Crippen LogP contribution in [0, 0.1) is 0 Å². The second-order valence-electron chi connectivity index (χ2n) is 3.39. The molecule has 1 rings (SSSR count). The highest BCUT2D eigenvalue weighted by atomic mass is 35.5. The van der Waals surface area contributed by atoms with Crippen LogP contribution in [0.15, 0.2) is 6.07 Å². The van der Waals surface area contributed by atoms with Crippen LogP contribution in [-0.4, -0.2) is 36.1 Å². The maximum Gasteiger partial charge on any atom is 0.407 e. The van der Waals surface area contributed by atoms with Crippen molar-refractivity contribution >= 4 is 52.4 Å². The van der Waals surface area contributed by atoms with Gasteiger partial charge in [-0.3, -0.25) is 4.79 Å². The van der Waals surface area contributed by atoms with Gasteiger partial charge < -0.3 is 15.2 Å². The van der Waals surface area contributed by atoms with Gasteiger partial charge in [-0.05, 0) is 6.07 Å². The number of thiophene rings is 1. The van der Waals surface area contributed by atoms with Gasteiger partial charge in [0.15, 0.2) is 5.78 Å². The number of rotatable bonds is 5. The fraction of sp³-hybridized carbons (Fsp3) is 0.300. The maximum atomic E-state index is 11.9. The van der Waals surface area contributed by atoms with E-state index < -0.39 is 30.3 Å². The zero-order chi connectivity index (χ0) is 14.6. The topological polar surface area (TPSA) is 92.7 Å². The van der Waals surface area contributed by atoms with E-state index in [1.165, 1.54) is 6.07 Å². The molecule has 2 N–H and O–H groups in total. The zero-order valence-corrected chi connectivity index (χ0v) is 11.9. The van der Waals surface area contributed by atoms with E-state index >= 15 is 0 Å². The van der Waals surface area contributed by atoms with Gasteiger partial charge in [0.25, 0.3) is 0 Å². The van der Waals surface area contributed by atoms with Crippen molar-refractivity contribution in [2.24, 2.45) is 0 Å². The fourth-order valence-electron chi connectivity index (χ4n) is 1.23. The number of halogens is 2. The van der Waals surface area contributed by atoms with E-state index in [2.05, 4.69) is 4.74 Å². The van der Waals surface area contributed by atoms with E-state index in [4.69, 9.17) is 28.3 Å². The van der Waals surface area contributed by atoms with Crippen molar-refractivity contribution in [1.29, 1.82) is 0 Å². The van der Waals surface area contributed by atoms with Gasteiger partial charge in [0.2, 0.25) is 0 Å². The van der Waals surface area contributed by atoms with Crippen molar-refractivity contribution in [3.63, 3.8) is 0 Å². The standard InChI is InChI=1S/C10H9Cl2NO5S/c1-18-10(17)13-5(9(15)16)3-6(14)4-2-7(11)19-8(4)12/h2,5H,3H2,1H3,(H,13,17)(H,15,16)/t5-/m1/s1. The summed E-state index contributed by atoms with van der Waals surface area (Å²) in [7, 11) is 1.09. The normalized spacial score (nSPS) is 11.7. The molecule has 0 aliphatic rings. The van der Waals surface area contributed by atoms with Crippen LogP contribution in [-0.2, 0) is 9.53 Å². The van der Waals surface area contributed by atoms with Crippen LogP contribution < -0.4 is 5.32 Å². The van der Waals surface area contributed by atoms with Gasteiger partial charge in [0.1, 0.15) is 10.4 Å². The number of hydrogen-bond donors (Lipinski definition) is 2. The largest absolute Gasteiger partial charge is 0.480 e. The predicted octanol–water partition coefficient (Wildman–Crippen LogP) is 2.44. The average molecular weight is 326 g/mol. The van der Waals surface area contributed by atoms with Gasteiger partial charge in [0, 0.05) is 12.0 Å². The Morgan fingerprint density at radius 1 is 1.47 bits per heavy atom. The molecule has 1 aromatic rings. The van der Waals surface area contributed by atoms with Crippen LogP contribution in [0.4, 0.5) is 4.79 Å². The first-order valence-corrected chi connectivity index (χ1v) is 6.47. The summed E-state index contributed by atoms with van der Waals surface area (Å²) in [4.78, 5) is 33.8. The van der Waals surface area contributed by atoms with Crippen LogP contribution in [0.5, 0.6) is 0 Å². The summed E-state index contributed by atoms with van der Waals surface area (Å²) in [5.74, 6) is -1.88. The Kier molecular flexibility index (Phi) is 5.59. The molecule has 1 atom stereocenters. The Hall–Kier alpha value is -1.31. The Bertz CT molecular complexity index is 516. The van der Waals surface area contributed by atoms with Crippen molar-refractivity contribution in [2.45, 2.75) is 12.5 Å². The van der Waals surface area contributed by atoms with Crippen molar-refractivity contribution in [3.8, 4) is 0 Å². The SMILES string of the molecule is COC(=O)N[C@H](CC(=O)c1cc(Cl)sc1Cl)C(=O)O. The molecule has 0 spiro atoms. The third kappa shape index (κ3) is 4.38. The molecule has 0 bridgehead atoms. The number of carbonyl (C=O) groups is 3. The van der Waals surface area contributed by atoms with E-state index in [-0.39, 0.29) is 9.90 Å². The molecule has 1 aromatic heterocycles. The minimum Gasteiger partial charge on any atom is -0.480 e. The zero-order valence-electron chi connectivity index (χ0n) is 9.61. The third-order valence-electron chi connectivity index (χ3n) is 2.12. The Morgan fingerprint density at radius 2 is 2.11 bits per heavy atom. The number of amides is 1. The average Bonchev–Trinajstić information content (AvgIpc) is 2.67. The summed E-state index contributed by atoms with van der Waals surface area (Å²) in [5.41, 5.74) is 0.134. The van der Waals surface area contributed by atoms with Crippen molar-refractivity contribution in [3.05, 3.63) is 20.3 Å². The van der Waals surface area contributed by atoms with Crippen molar-refractivity contribution in [2.75, 3.05) is 7.11 Å². The quantitative estimate of drug-likeness (QED) is 0.811. The smallest absolute Gasteiger partial charge is 0.407 e. The minimum atomic E-state index is -1.39. The van der Waals surface area contributed by atoms with E-state index in [0.29, 0.717) is 4.34 Å². The number of aliphatic carboxylic acids is 1. The van der Waals surface area contributed by atoms with E-state index in [1.807, 2.05) is 5.32 Å². The maximum absolute atomic E-state index is 11.9. The van der Waals surface area contributed by atoms with Crippen LogP contribution in [0.3, 0.4) is 0 Å². The lowest BCUT2D eigenvalue weighted by Gasteiger charge is -2.12. The number of alkyl carbamates (subject to hydrolysis) is 1. The Balaban J connectivity index is 2.79. The first-order valence-electron chi connectivity index (χ1n) is 4.90. The molecule has 0 unspecified atom stereocenters. The lowest BCUT2D eigenvalue weighted by atomic mass is 10.1. The molecular weight excluding hydrogens is 317 g/mol. The molecule has 0 radical (unpaired) electrons. The van der Waals surface area contributed by atoms with Gasteiger partial charge in [-0.2, -0.15) is 0 Å². The van der Waals surface area contributed by atoms with Crippen LogP contribution in [0.2, 0.25) is 8.67 Å². The van der Waals surface area contributed by atoms with E-state index in [0.717, 1.165) is 18.4 Å². The summed E-state index contributed by atoms with van der Waals surface area (Å²) in [6.45, 7) is 0. The number of carboxylic acids is 1. The first kappa shape index (κ1) is 15.7. The molecule has 104 valence electrons. The Labute approximate surface area is 122 Å². The molecule has 0 aliphatic heterocycles. The first-order chi connectivity index (χ1) is 8.85. The molecule has 0 fully saturated rings. The minimum absolute atomic E-state index is 0.134. The van der Waals surface area contributed by atoms with Gasteiger partial charge in [-0.15, -0.1) is 11.3 Å². The molecule has 19 heavy (non-hydrogen) atoms. The molecule has 0 saturated carbocycles. The molecule has 0 aromatic carbocycles. The second kappa shape index (κ2) is 6.74. The summed E-state index contributed by atoms with van der Waals surface area (Å²) >= 11 is 12.5. The molecule has 6 nitrogen and oxygen atoms in total. The number of carbonyl (C=O) groups excluding carboxylic acids is 2. The summed E-state index contributed by atoms with van der Waals surface area (Å²) in [6, 6.07) is -0.0387. The van der Waals surface area contributed by atoms with Crippen LogP contribution in [0.1, 0.15) is 16.8 Å². The highest BCUT2D eigenvalue weighted by Crippen LogP contribution is 2.32. The number of ketones is 1. The molecule has 9 heteroatoms. The Morgan fingerprint density at radius 3 is 2.53 bits per heavy atom. The van der Waals surface area contributed by atoms with Gasteiger partial charge >= 0.3 is 12.1 Å². The molecular formula is C10H9Cl2NO5S. The predicted molar refractivity (Wildman–Crippen MR) is 70.3 cm³/mol. The second-order valence-corrected chi connectivity index (χ2v) is 5.68. The van der Waals surface area contributed by atoms with Gasteiger partial charge in [0.05, 0.1) is 11.4 Å². The summed E-state index contributed by atoms with van der Waals surface area (Å²) < 4.78 is 4.77. The number of ether oxygens (including phenoxy) is 1. The molecule has 1 heterocycles. The number of nitrogens with one attached hydrogen (secondary N) is 1. The molecule has 1 amide bonds.